The Morgan fingerprint density at radius 1 is 1.00 bits per heavy atom. The number of hydrogen-bond acceptors (Lipinski definition) is 7. The highest BCUT2D eigenvalue weighted by molar-refractivity contribution is 5.85. The molecule has 2 N–H and O–H groups in total. The maximum atomic E-state index is 11.5. The summed E-state index contributed by atoms with van der Waals surface area (Å²) in [4.78, 5) is 25.5. The first-order chi connectivity index (χ1) is 12.1. The van der Waals surface area contributed by atoms with Gasteiger partial charge in [-0.1, -0.05) is 0 Å². The number of nitrogens with zero attached hydrogens (tertiary/aromatic N) is 1. The first-order valence-corrected chi connectivity index (χ1v) is 7.29. The standard InChI is InChI=1S/C16H17N3O6/c1-23-15-8-6-13(7-9-15)17-12-2-4-14(5-3-12)18-16(20)24-10-11-25-19(21)22/h2-9,17H,10-11H2,1H3,(H,18,20). The van der Waals surface area contributed by atoms with E-state index in [2.05, 4.69) is 15.5 Å². The lowest BCUT2D eigenvalue weighted by atomic mass is 10.2. The van der Waals surface area contributed by atoms with E-state index in [-0.39, 0.29) is 13.2 Å². The number of methoxy groups -OCH3 is 1. The minimum absolute atomic E-state index is 0.218. The Morgan fingerprint density at radius 2 is 1.56 bits per heavy atom. The number of carbonyl (C=O) groups excluding carboxylic acids is 1. The molecule has 25 heavy (non-hydrogen) atoms. The van der Waals surface area contributed by atoms with Crippen molar-refractivity contribution in [1.29, 1.82) is 0 Å². The van der Waals surface area contributed by atoms with E-state index in [9.17, 15) is 14.9 Å². The third-order valence-electron chi connectivity index (χ3n) is 3.02. The van der Waals surface area contributed by atoms with E-state index in [0.717, 1.165) is 17.1 Å². The second-order valence-corrected chi connectivity index (χ2v) is 4.75. The fraction of sp³-hybridized carbons (Fsp3) is 0.188. The quantitative estimate of drug-likeness (QED) is 0.428. The van der Waals surface area contributed by atoms with Crippen molar-refractivity contribution in [2.45, 2.75) is 0 Å². The fourth-order valence-corrected chi connectivity index (χ4v) is 1.88. The van der Waals surface area contributed by atoms with Gasteiger partial charge < -0.3 is 19.6 Å². The molecule has 0 bridgehead atoms. The SMILES string of the molecule is COc1ccc(Nc2ccc(NC(=O)OCCO[N+](=O)[O-])cc2)cc1. The van der Waals surface area contributed by atoms with Gasteiger partial charge in [0, 0.05) is 17.1 Å². The van der Waals surface area contributed by atoms with E-state index in [4.69, 9.17) is 9.47 Å². The highest BCUT2D eigenvalue weighted by Crippen LogP contribution is 2.21. The Labute approximate surface area is 143 Å². The lowest BCUT2D eigenvalue weighted by Gasteiger charge is -2.09. The van der Waals surface area contributed by atoms with Crippen LogP contribution in [0.5, 0.6) is 5.75 Å². The van der Waals surface area contributed by atoms with E-state index < -0.39 is 11.2 Å². The van der Waals surface area contributed by atoms with Crippen LogP contribution >= 0.6 is 0 Å². The monoisotopic (exact) mass is 347 g/mol. The van der Waals surface area contributed by atoms with Crippen molar-refractivity contribution >= 4 is 23.2 Å². The minimum Gasteiger partial charge on any atom is -0.497 e. The molecule has 0 radical (unpaired) electrons. The lowest BCUT2D eigenvalue weighted by Crippen LogP contribution is -2.17. The third-order valence-corrected chi connectivity index (χ3v) is 3.02. The minimum atomic E-state index is -0.949. The molecule has 0 unspecified atom stereocenters. The molecule has 0 spiro atoms. The van der Waals surface area contributed by atoms with Crippen LogP contribution in [0.4, 0.5) is 21.9 Å². The van der Waals surface area contributed by atoms with Gasteiger partial charge in [0.05, 0.1) is 7.11 Å². The molecule has 132 valence electrons. The summed E-state index contributed by atoms with van der Waals surface area (Å²) in [5.74, 6) is 0.771. The normalized spacial score (nSPS) is 9.80. The summed E-state index contributed by atoms with van der Waals surface area (Å²) >= 11 is 0. The number of benzene rings is 2. The van der Waals surface area contributed by atoms with Gasteiger partial charge in [0.2, 0.25) is 0 Å². The number of rotatable bonds is 8. The lowest BCUT2D eigenvalue weighted by molar-refractivity contribution is -0.757. The number of anilines is 3. The van der Waals surface area contributed by atoms with Gasteiger partial charge in [0.1, 0.15) is 19.0 Å². The summed E-state index contributed by atoms with van der Waals surface area (Å²) in [5, 5.41) is 14.7. The second kappa shape index (κ2) is 8.96. The van der Waals surface area contributed by atoms with Crippen LogP contribution in [-0.2, 0) is 9.57 Å². The van der Waals surface area contributed by atoms with Crippen LogP contribution in [0, 0.1) is 10.1 Å². The first-order valence-electron chi connectivity index (χ1n) is 7.29. The summed E-state index contributed by atoms with van der Waals surface area (Å²) in [6, 6.07) is 14.4. The molecule has 2 aromatic carbocycles. The van der Waals surface area contributed by atoms with E-state index in [1.807, 2.05) is 24.3 Å². The Kier molecular flexibility index (Phi) is 6.40. The van der Waals surface area contributed by atoms with Crippen LogP contribution in [0.3, 0.4) is 0 Å². The topological polar surface area (TPSA) is 112 Å². The van der Waals surface area contributed by atoms with Crippen molar-refractivity contribution in [1.82, 2.24) is 0 Å². The summed E-state index contributed by atoms with van der Waals surface area (Å²) in [7, 11) is 1.61. The first kappa shape index (κ1) is 17.9. The zero-order chi connectivity index (χ0) is 18.1. The van der Waals surface area contributed by atoms with E-state index in [1.54, 1.807) is 31.4 Å². The summed E-state index contributed by atoms with van der Waals surface area (Å²) in [6.07, 6.45) is -0.720. The Bertz CT molecular complexity index is 703. The van der Waals surface area contributed by atoms with Gasteiger partial charge in [-0.25, -0.2) is 4.79 Å². The molecule has 1 amide bonds. The average Bonchev–Trinajstić information content (AvgIpc) is 2.61. The zero-order valence-electron chi connectivity index (χ0n) is 13.4. The maximum Gasteiger partial charge on any atom is 0.411 e. The van der Waals surface area contributed by atoms with Gasteiger partial charge >= 0.3 is 6.09 Å². The van der Waals surface area contributed by atoms with Crippen LogP contribution in [-0.4, -0.2) is 31.5 Å². The fourth-order valence-electron chi connectivity index (χ4n) is 1.88. The molecule has 0 atom stereocenters. The molecule has 2 rings (SSSR count). The molecule has 0 aliphatic rings. The average molecular weight is 347 g/mol. The highest BCUT2D eigenvalue weighted by Gasteiger charge is 2.04. The molecule has 0 saturated heterocycles. The number of carbonyl (C=O) groups is 1. The largest absolute Gasteiger partial charge is 0.497 e. The van der Waals surface area contributed by atoms with E-state index in [0.29, 0.717) is 5.69 Å². The van der Waals surface area contributed by atoms with Crippen LogP contribution < -0.4 is 15.4 Å². The molecular weight excluding hydrogens is 330 g/mol. The molecule has 0 saturated carbocycles. The summed E-state index contributed by atoms with van der Waals surface area (Å²) in [6.45, 7) is -0.533. The number of amides is 1. The van der Waals surface area contributed by atoms with Crippen LogP contribution in [0.2, 0.25) is 0 Å². The number of ether oxygens (including phenoxy) is 2. The van der Waals surface area contributed by atoms with Crippen molar-refractivity contribution < 1.29 is 24.2 Å². The Morgan fingerprint density at radius 3 is 2.12 bits per heavy atom. The molecule has 9 nitrogen and oxygen atoms in total. The van der Waals surface area contributed by atoms with Crippen LogP contribution in [0.25, 0.3) is 0 Å². The van der Waals surface area contributed by atoms with Gasteiger partial charge in [-0.15, -0.1) is 10.1 Å². The predicted molar refractivity (Wildman–Crippen MR) is 90.6 cm³/mol. The van der Waals surface area contributed by atoms with Gasteiger partial charge in [0.25, 0.3) is 5.09 Å². The van der Waals surface area contributed by atoms with Crippen molar-refractivity contribution in [2.75, 3.05) is 31.0 Å². The smallest absolute Gasteiger partial charge is 0.411 e. The molecule has 0 aliphatic carbocycles. The predicted octanol–water partition coefficient (Wildman–Crippen LogP) is 3.20. The zero-order valence-corrected chi connectivity index (χ0v) is 13.4. The molecule has 0 fully saturated rings. The molecular formula is C16H17N3O6. The number of nitrogens with one attached hydrogen (secondary N) is 2. The van der Waals surface area contributed by atoms with Gasteiger partial charge in [-0.2, -0.15) is 0 Å². The van der Waals surface area contributed by atoms with Gasteiger partial charge in [-0.3, -0.25) is 5.32 Å². The van der Waals surface area contributed by atoms with Crippen molar-refractivity contribution in [3.05, 3.63) is 58.6 Å². The van der Waals surface area contributed by atoms with Crippen molar-refractivity contribution in [3.63, 3.8) is 0 Å². The van der Waals surface area contributed by atoms with Crippen LogP contribution in [0.1, 0.15) is 0 Å². The van der Waals surface area contributed by atoms with Crippen molar-refractivity contribution in [3.8, 4) is 5.75 Å². The van der Waals surface area contributed by atoms with E-state index in [1.165, 1.54) is 0 Å². The molecule has 2 aromatic rings. The summed E-state index contributed by atoms with van der Waals surface area (Å²) < 4.78 is 9.84. The molecule has 0 aliphatic heterocycles. The Hall–Kier alpha value is -3.49. The van der Waals surface area contributed by atoms with Crippen LogP contribution in [0.15, 0.2) is 48.5 Å². The Balaban J connectivity index is 1.80. The number of hydrogen-bond donors (Lipinski definition) is 2. The van der Waals surface area contributed by atoms with E-state index >= 15 is 0 Å². The molecule has 0 aromatic heterocycles. The molecule has 0 heterocycles. The highest BCUT2D eigenvalue weighted by atomic mass is 17.0. The molecule has 9 heteroatoms. The maximum absolute atomic E-state index is 11.5. The van der Waals surface area contributed by atoms with Crippen molar-refractivity contribution in [2.24, 2.45) is 0 Å². The summed E-state index contributed by atoms with van der Waals surface area (Å²) in [5.41, 5.74) is 2.26. The third kappa shape index (κ3) is 6.26. The van der Waals surface area contributed by atoms with Gasteiger partial charge in [0.15, 0.2) is 0 Å². The van der Waals surface area contributed by atoms with Gasteiger partial charge in [-0.05, 0) is 48.5 Å². The second-order valence-electron chi connectivity index (χ2n) is 4.75.